The second-order valence-corrected chi connectivity index (χ2v) is 6.88. The lowest BCUT2D eigenvalue weighted by Crippen LogP contribution is -2.22. The van der Waals surface area contributed by atoms with Crippen molar-refractivity contribution in [1.82, 2.24) is 5.32 Å². The Labute approximate surface area is 166 Å². The number of carboxylic acid groups (broad SMARTS) is 1. The van der Waals surface area contributed by atoms with Crippen molar-refractivity contribution in [2.45, 2.75) is 13.0 Å². The van der Waals surface area contributed by atoms with Crippen LogP contribution in [0.15, 0.2) is 58.4 Å². The van der Waals surface area contributed by atoms with Gasteiger partial charge in [0.15, 0.2) is 11.3 Å². The van der Waals surface area contributed by atoms with Crippen LogP contribution in [-0.4, -0.2) is 35.4 Å². The molecule has 7 nitrogen and oxygen atoms in total. The standard InChI is InChI=1S/C20H18N2O5S/c1-12(19(24)25)27-16-7-3-13(4-8-16)11-17-18(23)22-20(28-17)21-14-5-9-15(26-2)10-6-14/h3-12H,1-2H3,(H,24,25)(H,21,22,23)/b17-11+/t12-/m0/s1. The fourth-order valence-corrected chi connectivity index (χ4v) is 3.14. The van der Waals surface area contributed by atoms with Crippen molar-refractivity contribution < 1.29 is 24.2 Å². The van der Waals surface area contributed by atoms with Crippen LogP contribution in [0.25, 0.3) is 6.08 Å². The normalized spacial score (nSPS) is 17.4. The van der Waals surface area contributed by atoms with Crippen LogP contribution >= 0.6 is 11.8 Å². The Morgan fingerprint density at radius 3 is 2.39 bits per heavy atom. The van der Waals surface area contributed by atoms with E-state index in [2.05, 4.69) is 10.3 Å². The summed E-state index contributed by atoms with van der Waals surface area (Å²) in [5, 5.41) is 12.1. The molecule has 0 radical (unpaired) electrons. The monoisotopic (exact) mass is 398 g/mol. The van der Waals surface area contributed by atoms with Crippen LogP contribution in [0.1, 0.15) is 12.5 Å². The van der Waals surface area contributed by atoms with Gasteiger partial charge in [-0.25, -0.2) is 9.79 Å². The van der Waals surface area contributed by atoms with Crippen molar-refractivity contribution in [1.29, 1.82) is 0 Å². The van der Waals surface area contributed by atoms with Gasteiger partial charge >= 0.3 is 5.97 Å². The van der Waals surface area contributed by atoms with E-state index in [9.17, 15) is 9.59 Å². The third-order valence-corrected chi connectivity index (χ3v) is 4.70. The van der Waals surface area contributed by atoms with Gasteiger partial charge in [0.05, 0.1) is 17.7 Å². The highest BCUT2D eigenvalue weighted by Gasteiger charge is 2.23. The van der Waals surface area contributed by atoms with E-state index < -0.39 is 12.1 Å². The van der Waals surface area contributed by atoms with E-state index in [4.69, 9.17) is 14.6 Å². The second kappa shape index (κ2) is 8.62. The van der Waals surface area contributed by atoms with Crippen LogP contribution in [0.3, 0.4) is 0 Å². The highest BCUT2D eigenvalue weighted by atomic mass is 32.2. The Hall–Kier alpha value is -3.26. The molecule has 1 atom stereocenters. The molecule has 0 saturated carbocycles. The Morgan fingerprint density at radius 2 is 1.79 bits per heavy atom. The minimum Gasteiger partial charge on any atom is -0.497 e. The van der Waals surface area contributed by atoms with E-state index in [0.29, 0.717) is 21.5 Å². The fourth-order valence-electron chi connectivity index (χ4n) is 2.30. The summed E-state index contributed by atoms with van der Waals surface area (Å²) in [4.78, 5) is 27.9. The number of amides is 1. The van der Waals surface area contributed by atoms with Crippen LogP contribution in [0.4, 0.5) is 5.69 Å². The first kappa shape index (κ1) is 19.5. The fraction of sp³-hybridized carbons (Fsp3) is 0.150. The van der Waals surface area contributed by atoms with E-state index in [1.807, 2.05) is 0 Å². The summed E-state index contributed by atoms with van der Waals surface area (Å²) in [6.07, 6.45) is 0.804. The Balaban J connectivity index is 1.69. The van der Waals surface area contributed by atoms with Gasteiger partial charge in [0, 0.05) is 0 Å². The topological polar surface area (TPSA) is 97.2 Å². The number of carbonyl (C=O) groups is 2. The number of hydrogen-bond acceptors (Lipinski definition) is 6. The summed E-state index contributed by atoms with van der Waals surface area (Å²) in [7, 11) is 1.59. The van der Waals surface area contributed by atoms with Crippen molar-refractivity contribution in [2.75, 3.05) is 7.11 Å². The molecule has 1 amide bonds. The smallest absolute Gasteiger partial charge is 0.344 e. The molecule has 1 fully saturated rings. The summed E-state index contributed by atoms with van der Waals surface area (Å²) >= 11 is 1.25. The van der Waals surface area contributed by atoms with Crippen molar-refractivity contribution in [3.8, 4) is 11.5 Å². The SMILES string of the molecule is COc1ccc(N=C2NC(=O)/C(=C\c3ccc(O[C@@H](C)C(=O)O)cc3)S2)cc1. The number of aliphatic carboxylic acids is 1. The third kappa shape index (κ3) is 4.92. The molecule has 1 aliphatic rings. The molecule has 0 aliphatic carbocycles. The van der Waals surface area contributed by atoms with Gasteiger partial charge < -0.3 is 19.9 Å². The maximum Gasteiger partial charge on any atom is 0.344 e. The number of rotatable bonds is 6. The number of methoxy groups -OCH3 is 1. The van der Waals surface area contributed by atoms with Crippen LogP contribution in [0.2, 0.25) is 0 Å². The van der Waals surface area contributed by atoms with Crippen molar-refractivity contribution >= 4 is 40.6 Å². The van der Waals surface area contributed by atoms with Gasteiger partial charge in [-0.05, 0) is 66.7 Å². The van der Waals surface area contributed by atoms with E-state index in [1.54, 1.807) is 61.7 Å². The average Bonchev–Trinajstić information content (AvgIpc) is 3.02. The molecule has 2 aromatic rings. The van der Waals surface area contributed by atoms with Gasteiger partial charge in [-0.2, -0.15) is 0 Å². The molecule has 0 unspecified atom stereocenters. The number of ether oxygens (including phenoxy) is 2. The number of nitrogens with one attached hydrogen (secondary N) is 1. The summed E-state index contributed by atoms with van der Waals surface area (Å²) < 4.78 is 10.4. The number of aliphatic imine (C=N–C) groups is 1. The lowest BCUT2D eigenvalue weighted by Gasteiger charge is -2.10. The largest absolute Gasteiger partial charge is 0.497 e. The molecular formula is C20H18N2O5S. The van der Waals surface area contributed by atoms with Crippen LogP contribution < -0.4 is 14.8 Å². The Bertz CT molecular complexity index is 936. The van der Waals surface area contributed by atoms with E-state index >= 15 is 0 Å². The summed E-state index contributed by atoms with van der Waals surface area (Å²) in [6, 6.07) is 14.0. The molecule has 28 heavy (non-hydrogen) atoms. The maximum absolute atomic E-state index is 12.2. The number of thioether (sulfide) groups is 1. The minimum absolute atomic E-state index is 0.225. The van der Waals surface area contributed by atoms with Crippen LogP contribution in [0.5, 0.6) is 11.5 Å². The number of carbonyl (C=O) groups excluding carboxylic acids is 1. The van der Waals surface area contributed by atoms with Crippen LogP contribution in [0, 0.1) is 0 Å². The number of benzene rings is 2. The zero-order valence-corrected chi connectivity index (χ0v) is 16.0. The Morgan fingerprint density at radius 1 is 1.14 bits per heavy atom. The molecule has 3 rings (SSSR count). The summed E-state index contributed by atoms with van der Waals surface area (Å²) in [6.45, 7) is 1.46. The van der Waals surface area contributed by atoms with Gasteiger partial charge in [-0.1, -0.05) is 12.1 Å². The van der Waals surface area contributed by atoms with Gasteiger partial charge in [0.1, 0.15) is 11.5 Å². The lowest BCUT2D eigenvalue weighted by molar-refractivity contribution is -0.144. The first-order valence-corrected chi connectivity index (χ1v) is 9.19. The zero-order valence-electron chi connectivity index (χ0n) is 15.2. The van der Waals surface area contributed by atoms with Crippen LogP contribution in [-0.2, 0) is 9.59 Å². The quantitative estimate of drug-likeness (QED) is 0.724. The van der Waals surface area contributed by atoms with E-state index in [0.717, 1.165) is 11.3 Å². The highest BCUT2D eigenvalue weighted by Crippen LogP contribution is 2.29. The average molecular weight is 398 g/mol. The number of amidine groups is 1. The number of hydrogen-bond donors (Lipinski definition) is 2. The first-order valence-electron chi connectivity index (χ1n) is 8.38. The van der Waals surface area contributed by atoms with Crippen molar-refractivity contribution in [3.05, 3.63) is 59.0 Å². The molecule has 2 aromatic carbocycles. The van der Waals surface area contributed by atoms with Gasteiger partial charge in [0.2, 0.25) is 0 Å². The zero-order chi connectivity index (χ0) is 20.1. The predicted octanol–water partition coefficient (Wildman–Crippen LogP) is 3.44. The number of carboxylic acids is 1. The molecule has 0 bridgehead atoms. The molecule has 0 aromatic heterocycles. The maximum atomic E-state index is 12.2. The predicted molar refractivity (Wildman–Crippen MR) is 108 cm³/mol. The molecule has 1 saturated heterocycles. The van der Waals surface area contributed by atoms with Crippen molar-refractivity contribution in [2.24, 2.45) is 4.99 Å². The molecule has 1 heterocycles. The van der Waals surface area contributed by atoms with Gasteiger partial charge in [0.25, 0.3) is 5.91 Å². The lowest BCUT2D eigenvalue weighted by atomic mass is 10.2. The highest BCUT2D eigenvalue weighted by molar-refractivity contribution is 8.18. The second-order valence-electron chi connectivity index (χ2n) is 5.85. The molecule has 1 aliphatic heterocycles. The molecule has 144 valence electrons. The van der Waals surface area contributed by atoms with E-state index in [1.165, 1.54) is 18.7 Å². The summed E-state index contributed by atoms with van der Waals surface area (Å²) in [5.41, 5.74) is 1.50. The van der Waals surface area contributed by atoms with Crippen molar-refractivity contribution in [3.63, 3.8) is 0 Å². The summed E-state index contributed by atoms with van der Waals surface area (Å²) in [5.74, 6) is -0.0776. The van der Waals surface area contributed by atoms with E-state index in [-0.39, 0.29) is 5.91 Å². The van der Waals surface area contributed by atoms with Gasteiger partial charge in [-0.3, -0.25) is 4.79 Å². The molecule has 0 spiro atoms. The third-order valence-electron chi connectivity index (χ3n) is 3.79. The first-order chi connectivity index (χ1) is 13.4. The molecule has 8 heteroatoms. The molecular weight excluding hydrogens is 380 g/mol. The van der Waals surface area contributed by atoms with Gasteiger partial charge in [-0.15, -0.1) is 0 Å². The minimum atomic E-state index is -1.03. The number of nitrogens with zero attached hydrogens (tertiary/aromatic N) is 1. The molecule has 2 N–H and O–H groups in total. The Kier molecular flexibility index (Phi) is 6.00.